The Balaban J connectivity index is 1.95. The molecule has 1 unspecified atom stereocenters. The summed E-state index contributed by atoms with van der Waals surface area (Å²) in [4.78, 5) is 7.83. The molecule has 0 amide bonds. The summed E-state index contributed by atoms with van der Waals surface area (Å²) in [5, 5.41) is 0. The van der Waals surface area contributed by atoms with Gasteiger partial charge in [0.1, 0.15) is 0 Å². The van der Waals surface area contributed by atoms with Gasteiger partial charge in [-0.2, -0.15) is 11.8 Å². The van der Waals surface area contributed by atoms with Crippen molar-refractivity contribution in [3.63, 3.8) is 0 Å². The zero-order valence-electron chi connectivity index (χ0n) is 8.07. The topological polar surface area (TPSA) is 16.1 Å². The van der Waals surface area contributed by atoms with E-state index in [2.05, 4.69) is 16.8 Å². The lowest BCUT2D eigenvalue weighted by atomic mass is 10.3. The second kappa shape index (κ2) is 4.84. The van der Waals surface area contributed by atoms with Gasteiger partial charge in [0, 0.05) is 41.7 Å². The lowest BCUT2D eigenvalue weighted by molar-refractivity contribution is 0.226. The highest BCUT2D eigenvalue weighted by Crippen LogP contribution is 2.23. The number of hydrogen-bond acceptors (Lipinski definition) is 4. The molecule has 2 rings (SSSR count). The van der Waals surface area contributed by atoms with Crippen LogP contribution in [0.15, 0.2) is 6.20 Å². The second-order valence-corrected chi connectivity index (χ2v) is 6.32. The van der Waals surface area contributed by atoms with Crippen molar-refractivity contribution >= 4 is 34.7 Å². The molecule has 1 saturated heterocycles. The quantitative estimate of drug-likeness (QED) is 0.801. The minimum absolute atomic E-state index is 0.652. The molecule has 0 aromatic carbocycles. The lowest BCUT2D eigenvalue weighted by Gasteiger charge is -2.32. The molecular weight excluding hydrogens is 236 g/mol. The molecule has 0 N–H and O–H groups in total. The van der Waals surface area contributed by atoms with Crippen LogP contribution in [0, 0.1) is 0 Å². The van der Waals surface area contributed by atoms with Gasteiger partial charge in [0.15, 0.2) is 4.47 Å². The molecule has 2 nitrogen and oxygen atoms in total. The maximum absolute atomic E-state index is 5.80. The first-order chi connectivity index (χ1) is 6.75. The highest BCUT2D eigenvalue weighted by molar-refractivity contribution is 7.99. The van der Waals surface area contributed by atoms with Crippen LogP contribution in [-0.4, -0.2) is 34.0 Å². The fourth-order valence-electron chi connectivity index (χ4n) is 1.55. The number of nitrogens with zero attached hydrogens (tertiary/aromatic N) is 2. The normalized spacial score (nSPS) is 24.0. The van der Waals surface area contributed by atoms with Crippen molar-refractivity contribution in [2.24, 2.45) is 0 Å². The minimum atomic E-state index is 0.652. The van der Waals surface area contributed by atoms with Gasteiger partial charge in [-0.05, 0) is 6.92 Å². The third-order valence-electron chi connectivity index (χ3n) is 2.39. The van der Waals surface area contributed by atoms with Crippen LogP contribution in [-0.2, 0) is 6.54 Å². The summed E-state index contributed by atoms with van der Waals surface area (Å²) in [6.45, 7) is 4.47. The molecule has 14 heavy (non-hydrogen) atoms. The van der Waals surface area contributed by atoms with Gasteiger partial charge in [-0.1, -0.05) is 11.6 Å². The summed E-state index contributed by atoms with van der Waals surface area (Å²) < 4.78 is 0.652. The van der Waals surface area contributed by atoms with Crippen LogP contribution < -0.4 is 0 Å². The number of thiazole rings is 1. The van der Waals surface area contributed by atoms with Gasteiger partial charge < -0.3 is 0 Å². The van der Waals surface area contributed by atoms with Crippen LogP contribution in [0.2, 0.25) is 4.47 Å². The maximum atomic E-state index is 5.80. The first kappa shape index (κ1) is 10.7. The van der Waals surface area contributed by atoms with E-state index in [9.17, 15) is 0 Å². The van der Waals surface area contributed by atoms with Crippen LogP contribution in [0.3, 0.4) is 0 Å². The molecule has 1 aromatic rings. The van der Waals surface area contributed by atoms with Crippen molar-refractivity contribution in [2.75, 3.05) is 18.1 Å². The summed E-state index contributed by atoms with van der Waals surface area (Å²) in [5.74, 6) is 2.49. The molecule has 1 fully saturated rings. The van der Waals surface area contributed by atoms with Crippen molar-refractivity contribution in [3.8, 4) is 0 Å². The van der Waals surface area contributed by atoms with Crippen LogP contribution in [0.4, 0.5) is 0 Å². The van der Waals surface area contributed by atoms with E-state index in [1.807, 2.05) is 18.0 Å². The zero-order chi connectivity index (χ0) is 9.97. The van der Waals surface area contributed by atoms with E-state index in [1.54, 1.807) is 11.3 Å². The minimum Gasteiger partial charge on any atom is -0.294 e. The fraction of sp³-hybridized carbons (Fsp3) is 0.667. The summed E-state index contributed by atoms with van der Waals surface area (Å²) in [5.41, 5.74) is 0. The van der Waals surface area contributed by atoms with E-state index in [1.165, 1.54) is 22.9 Å². The standard InChI is InChI=1S/C9H13ClN2S2/c1-7-6-13-3-2-12(7)5-8-4-11-9(10)14-8/h4,7H,2-3,5-6H2,1H3. The van der Waals surface area contributed by atoms with E-state index in [0.29, 0.717) is 10.5 Å². The van der Waals surface area contributed by atoms with Crippen molar-refractivity contribution in [3.05, 3.63) is 15.5 Å². The fourth-order valence-corrected chi connectivity index (χ4v) is 3.64. The van der Waals surface area contributed by atoms with Crippen molar-refractivity contribution in [1.29, 1.82) is 0 Å². The van der Waals surface area contributed by atoms with Crippen molar-refractivity contribution in [1.82, 2.24) is 9.88 Å². The molecule has 0 radical (unpaired) electrons. The molecule has 78 valence electrons. The van der Waals surface area contributed by atoms with Gasteiger partial charge in [0.25, 0.3) is 0 Å². The predicted octanol–water partition coefficient (Wildman–Crippen LogP) is 2.73. The molecular formula is C9H13ClN2S2. The number of thioether (sulfide) groups is 1. The molecule has 5 heteroatoms. The lowest BCUT2D eigenvalue weighted by Crippen LogP contribution is -2.39. The first-order valence-corrected chi connectivity index (χ1v) is 7.02. The maximum Gasteiger partial charge on any atom is 0.183 e. The highest BCUT2D eigenvalue weighted by Gasteiger charge is 2.19. The number of halogens is 1. The van der Waals surface area contributed by atoms with E-state index >= 15 is 0 Å². The SMILES string of the molecule is CC1CSCCN1Cc1cnc(Cl)s1. The van der Waals surface area contributed by atoms with Gasteiger partial charge in [0.2, 0.25) is 0 Å². The summed E-state index contributed by atoms with van der Waals surface area (Å²) in [6, 6.07) is 0.676. The molecule has 0 spiro atoms. The largest absolute Gasteiger partial charge is 0.294 e. The highest BCUT2D eigenvalue weighted by atomic mass is 35.5. The Morgan fingerprint density at radius 2 is 2.57 bits per heavy atom. The van der Waals surface area contributed by atoms with Crippen LogP contribution in [0.25, 0.3) is 0 Å². The summed E-state index contributed by atoms with van der Waals surface area (Å²) in [6.07, 6.45) is 1.89. The molecule has 2 heterocycles. The molecule has 0 saturated carbocycles. The molecule has 1 atom stereocenters. The smallest absolute Gasteiger partial charge is 0.183 e. The number of rotatable bonds is 2. The van der Waals surface area contributed by atoms with E-state index in [-0.39, 0.29) is 0 Å². The predicted molar refractivity (Wildman–Crippen MR) is 64.3 cm³/mol. The second-order valence-electron chi connectivity index (χ2n) is 3.47. The Labute approximate surface area is 97.7 Å². The Morgan fingerprint density at radius 3 is 3.21 bits per heavy atom. The first-order valence-electron chi connectivity index (χ1n) is 4.67. The Hall–Kier alpha value is 0.230. The van der Waals surface area contributed by atoms with Crippen LogP contribution >= 0.6 is 34.7 Å². The van der Waals surface area contributed by atoms with Crippen LogP contribution in [0.5, 0.6) is 0 Å². The third kappa shape index (κ3) is 2.63. The van der Waals surface area contributed by atoms with Gasteiger partial charge in [-0.25, -0.2) is 4.98 Å². The third-order valence-corrected chi connectivity index (χ3v) is 4.68. The molecule has 1 aromatic heterocycles. The van der Waals surface area contributed by atoms with E-state index < -0.39 is 0 Å². The van der Waals surface area contributed by atoms with Crippen molar-refractivity contribution < 1.29 is 0 Å². The van der Waals surface area contributed by atoms with Gasteiger partial charge in [0.05, 0.1) is 0 Å². The average Bonchev–Trinajstić information content (AvgIpc) is 2.56. The monoisotopic (exact) mass is 248 g/mol. The number of aromatic nitrogens is 1. The average molecular weight is 249 g/mol. The van der Waals surface area contributed by atoms with Crippen LogP contribution in [0.1, 0.15) is 11.8 Å². The van der Waals surface area contributed by atoms with Gasteiger partial charge in [-0.3, -0.25) is 4.90 Å². The van der Waals surface area contributed by atoms with Gasteiger partial charge in [-0.15, -0.1) is 11.3 Å². The Morgan fingerprint density at radius 1 is 1.71 bits per heavy atom. The van der Waals surface area contributed by atoms with E-state index in [0.717, 1.165) is 6.54 Å². The van der Waals surface area contributed by atoms with E-state index in [4.69, 9.17) is 11.6 Å². The van der Waals surface area contributed by atoms with Crippen molar-refractivity contribution in [2.45, 2.75) is 19.5 Å². The molecule has 1 aliphatic heterocycles. The Bertz CT molecular complexity index is 303. The van der Waals surface area contributed by atoms with Gasteiger partial charge >= 0.3 is 0 Å². The summed E-state index contributed by atoms with van der Waals surface area (Å²) >= 11 is 9.43. The summed E-state index contributed by atoms with van der Waals surface area (Å²) in [7, 11) is 0. The zero-order valence-corrected chi connectivity index (χ0v) is 10.5. The Kier molecular flexibility index (Phi) is 3.71. The molecule has 1 aliphatic rings. The number of hydrogen-bond donors (Lipinski definition) is 0. The molecule has 0 bridgehead atoms. The molecule has 0 aliphatic carbocycles.